The fraction of sp³-hybridized carbons (Fsp3) is 0.600. The number of nitrogens with zero attached hydrogens (tertiary/aromatic N) is 3. The summed E-state index contributed by atoms with van der Waals surface area (Å²) in [6.45, 7) is 6.06. The molecule has 4 heterocycles. The first-order valence-electron chi connectivity index (χ1n) is 14.3. The second kappa shape index (κ2) is 11.4. The molecule has 2 aromatic rings. The van der Waals surface area contributed by atoms with Crippen LogP contribution in [-0.2, 0) is 27.0 Å². The molecule has 12 heteroatoms. The molecule has 0 unspecified atom stereocenters. The zero-order valence-electron chi connectivity index (χ0n) is 24.1. The highest BCUT2D eigenvalue weighted by Crippen LogP contribution is 2.51. The van der Waals surface area contributed by atoms with E-state index in [9.17, 15) is 27.9 Å². The monoisotopic (exact) mass is 590 g/mol. The Morgan fingerprint density at radius 3 is 2.50 bits per heavy atom. The molecule has 2 saturated heterocycles. The number of rotatable bonds is 8. The Hall–Kier alpha value is -3.25. The second-order valence-corrected chi connectivity index (χ2v) is 12.4. The van der Waals surface area contributed by atoms with Gasteiger partial charge in [0.15, 0.2) is 0 Å². The maximum Gasteiger partial charge on any atom is 0.417 e. The number of nitrogens with one attached hydrogen (secondary N) is 1. The van der Waals surface area contributed by atoms with Gasteiger partial charge in [-0.05, 0) is 48.8 Å². The van der Waals surface area contributed by atoms with Crippen molar-refractivity contribution in [3.63, 3.8) is 0 Å². The summed E-state index contributed by atoms with van der Waals surface area (Å²) >= 11 is 0. The molecule has 228 valence electrons. The molecular weight excluding hydrogens is 553 g/mol. The van der Waals surface area contributed by atoms with Gasteiger partial charge >= 0.3 is 12.1 Å². The highest BCUT2D eigenvalue weighted by atomic mass is 19.4. The lowest BCUT2D eigenvalue weighted by atomic mass is 9.72. The quantitative estimate of drug-likeness (QED) is 0.454. The maximum atomic E-state index is 14.1. The number of hydrogen-bond donors (Lipinski definition) is 2. The Morgan fingerprint density at radius 1 is 1.19 bits per heavy atom. The number of carbonyl (C=O) groups excluding carboxylic acids is 1. The number of ether oxygens (including phenoxy) is 2. The Morgan fingerprint density at radius 2 is 1.93 bits per heavy atom. The van der Waals surface area contributed by atoms with E-state index in [4.69, 9.17) is 9.47 Å². The summed E-state index contributed by atoms with van der Waals surface area (Å²) in [5.41, 5.74) is 0.190. The fourth-order valence-corrected chi connectivity index (χ4v) is 6.56. The predicted molar refractivity (Wildman–Crippen MR) is 146 cm³/mol. The number of hydrogen-bond acceptors (Lipinski definition) is 7. The van der Waals surface area contributed by atoms with Gasteiger partial charge in [0, 0.05) is 54.7 Å². The number of halogens is 3. The average Bonchev–Trinajstić information content (AvgIpc) is 3.50. The number of alkyl halides is 3. The lowest BCUT2D eigenvalue weighted by molar-refractivity contribution is -0.156. The molecule has 9 nitrogen and oxygen atoms in total. The summed E-state index contributed by atoms with van der Waals surface area (Å²) in [4.78, 5) is 37.1. The van der Waals surface area contributed by atoms with Crippen LogP contribution in [0.15, 0.2) is 30.6 Å². The third kappa shape index (κ3) is 5.83. The van der Waals surface area contributed by atoms with E-state index in [0.29, 0.717) is 19.4 Å². The van der Waals surface area contributed by atoms with Gasteiger partial charge in [0.1, 0.15) is 12.1 Å². The van der Waals surface area contributed by atoms with Crippen LogP contribution in [0.2, 0.25) is 0 Å². The topological polar surface area (TPSA) is 114 Å². The van der Waals surface area contributed by atoms with Gasteiger partial charge in [-0.3, -0.25) is 9.78 Å². The van der Waals surface area contributed by atoms with E-state index in [0.717, 1.165) is 36.4 Å². The third-order valence-electron chi connectivity index (χ3n) is 8.51. The average molecular weight is 591 g/mol. The highest BCUT2D eigenvalue weighted by Gasteiger charge is 2.59. The number of carboxylic acid groups (broad SMARTS) is 1. The molecule has 2 aromatic heterocycles. The summed E-state index contributed by atoms with van der Waals surface area (Å²) in [7, 11) is 1.33. The zero-order chi connectivity index (χ0) is 30.4. The molecule has 3 fully saturated rings. The van der Waals surface area contributed by atoms with Gasteiger partial charge in [-0.2, -0.15) is 13.2 Å². The van der Waals surface area contributed by atoms with Crippen LogP contribution in [0.3, 0.4) is 0 Å². The number of carboxylic acids is 1. The predicted octanol–water partition coefficient (Wildman–Crippen LogP) is 4.72. The summed E-state index contributed by atoms with van der Waals surface area (Å²) < 4.78 is 51.7. The molecule has 3 aliphatic rings. The van der Waals surface area contributed by atoms with Gasteiger partial charge in [-0.25, -0.2) is 9.78 Å². The van der Waals surface area contributed by atoms with Crippen molar-refractivity contribution in [2.75, 3.05) is 13.7 Å². The van der Waals surface area contributed by atoms with Crippen LogP contribution in [0.25, 0.3) is 0 Å². The van der Waals surface area contributed by atoms with E-state index in [2.05, 4.69) is 15.3 Å². The van der Waals surface area contributed by atoms with Crippen molar-refractivity contribution in [1.82, 2.24) is 20.2 Å². The van der Waals surface area contributed by atoms with E-state index < -0.39 is 59.2 Å². The van der Waals surface area contributed by atoms with E-state index in [1.54, 1.807) is 12.3 Å². The van der Waals surface area contributed by atoms with Crippen molar-refractivity contribution in [2.24, 2.45) is 11.3 Å². The largest absolute Gasteiger partial charge is 0.481 e. The van der Waals surface area contributed by atoms with E-state index >= 15 is 0 Å². The Labute approximate surface area is 242 Å². The number of pyridine rings is 2. The van der Waals surface area contributed by atoms with Gasteiger partial charge < -0.3 is 24.8 Å². The molecule has 1 amide bonds. The summed E-state index contributed by atoms with van der Waals surface area (Å²) in [6.07, 6.45) is 0.101. The van der Waals surface area contributed by atoms with E-state index in [-0.39, 0.29) is 23.9 Å². The first-order chi connectivity index (χ1) is 19.8. The second-order valence-electron chi connectivity index (χ2n) is 12.4. The number of methoxy groups -OCH3 is 1. The van der Waals surface area contributed by atoms with Gasteiger partial charge in [-0.15, -0.1) is 0 Å². The molecule has 1 aliphatic carbocycles. The minimum atomic E-state index is -4.61. The maximum absolute atomic E-state index is 14.1. The molecular formula is C30H37F3N4O5. The SMILES string of the molecule is COc1ncc(C(F)(F)F)cc1CN[C@H]1[C@H](C(C)(C)C)[C@@H](C(=O)O)N(C(=O)[C@@H]2CCCO2)[C@H]1c1cccnc1C1CC1. The lowest BCUT2D eigenvalue weighted by Gasteiger charge is -2.35. The standard InChI is InChI=1S/C30H37F3N4O5/c1-29(2,3)21-23(35-14-17-13-18(30(31,32)33)15-36-26(17)41-4)24(19-7-5-11-34-22(19)16-9-10-16)37(25(21)28(39)40)27(38)20-8-6-12-42-20/h5,7,11,13,15-16,20-21,23-25,35H,6,8-10,12,14H2,1-4H3,(H,39,40)/t20-,21-,23-,24-,25-/m0/s1. The van der Waals surface area contributed by atoms with Crippen LogP contribution in [-0.4, -0.2) is 63.8 Å². The van der Waals surface area contributed by atoms with Crippen molar-refractivity contribution < 1.29 is 37.3 Å². The Bertz CT molecular complexity index is 1320. The number of amides is 1. The van der Waals surface area contributed by atoms with Gasteiger partial charge in [0.2, 0.25) is 5.88 Å². The molecule has 42 heavy (non-hydrogen) atoms. The number of aliphatic carboxylic acids is 1. The molecule has 5 rings (SSSR count). The van der Waals surface area contributed by atoms with Crippen molar-refractivity contribution in [3.05, 3.63) is 53.0 Å². The third-order valence-corrected chi connectivity index (χ3v) is 8.51. The number of likely N-dealkylation sites (tertiary alicyclic amines) is 1. The molecule has 5 atom stereocenters. The minimum absolute atomic E-state index is 0.0273. The molecule has 2 N–H and O–H groups in total. The highest BCUT2D eigenvalue weighted by molar-refractivity contribution is 5.88. The van der Waals surface area contributed by atoms with Gasteiger partial charge in [-0.1, -0.05) is 26.8 Å². The van der Waals surface area contributed by atoms with Crippen molar-refractivity contribution in [3.8, 4) is 5.88 Å². The molecule has 1 saturated carbocycles. The van der Waals surface area contributed by atoms with Crippen LogP contribution in [0.1, 0.15) is 80.8 Å². The normalized spacial score (nSPS) is 26.5. The number of carbonyl (C=O) groups is 2. The van der Waals surface area contributed by atoms with E-state index in [1.807, 2.05) is 26.8 Å². The van der Waals surface area contributed by atoms with Crippen LogP contribution in [0.5, 0.6) is 5.88 Å². The van der Waals surface area contributed by atoms with Crippen LogP contribution in [0, 0.1) is 11.3 Å². The Kier molecular flexibility index (Phi) is 8.23. The smallest absolute Gasteiger partial charge is 0.417 e. The molecule has 0 bridgehead atoms. The van der Waals surface area contributed by atoms with Gasteiger partial charge in [0.25, 0.3) is 5.91 Å². The van der Waals surface area contributed by atoms with Crippen molar-refractivity contribution >= 4 is 11.9 Å². The van der Waals surface area contributed by atoms with Crippen molar-refractivity contribution in [1.29, 1.82) is 0 Å². The van der Waals surface area contributed by atoms with Crippen molar-refractivity contribution in [2.45, 2.75) is 89.3 Å². The summed E-state index contributed by atoms with van der Waals surface area (Å²) in [5.74, 6) is -1.94. The fourth-order valence-electron chi connectivity index (χ4n) is 6.56. The first-order valence-corrected chi connectivity index (χ1v) is 14.3. The zero-order valence-corrected chi connectivity index (χ0v) is 24.1. The lowest BCUT2D eigenvalue weighted by Crippen LogP contribution is -2.50. The Balaban J connectivity index is 1.63. The summed E-state index contributed by atoms with van der Waals surface area (Å²) in [5, 5.41) is 14.0. The molecule has 0 aromatic carbocycles. The number of aromatic nitrogens is 2. The van der Waals surface area contributed by atoms with Crippen LogP contribution in [0.4, 0.5) is 13.2 Å². The first kappa shape index (κ1) is 30.2. The van der Waals surface area contributed by atoms with E-state index in [1.165, 1.54) is 12.0 Å². The minimum Gasteiger partial charge on any atom is -0.481 e. The molecule has 0 radical (unpaired) electrons. The van der Waals surface area contributed by atoms with Crippen LogP contribution >= 0.6 is 0 Å². The molecule has 0 spiro atoms. The van der Waals surface area contributed by atoms with Crippen LogP contribution < -0.4 is 10.1 Å². The summed E-state index contributed by atoms with van der Waals surface area (Å²) in [6, 6.07) is 2.02. The molecule has 2 aliphatic heterocycles. The van der Waals surface area contributed by atoms with Gasteiger partial charge in [0.05, 0.1) is 18.7 Å².